The van der Waals surface area contributed by atoms with Gasteiger partial charge in [0.1, 0.15) is 5.82 Å². The summed E-state index contributed by atoms with van der Waals surface area (Å²) >= 11 is 0. The SMILES string of the molecule is CCN(CC)c1cc(C)c2cc(NC(=O)c3ccc(C(C)(C)C)cc3)ccc2n1. The number of nitrogens with one attached hydrogen (secondary N) is 1. The second kappa shape index (κ2) is 8.24. The molecule has 0 radical (unpaired) electrons. The van der Waals surface area contributed by atoms with E-state index in [4.69, 9.17) is 4.98 Å². The highest BCUT2D eigenvalue weighted by Crippen LogP contribution is 2.26. The molecule has 3 aromatic rings. The lowest BCUT2D eigenvalue weighted by atomic mass is 9.87. The number of rotatable bonds is 5. The number of fused-ring (bicyclic) bond motifs is 1. The topological polar surface area (TPSA) is 45.2 Å². The third kappa shape index (κ3) is 4.58. The first-order chi connectivity index (χ1) is 13.7. The van der Waals surface area contributed by atoms with Crippen LogP contribution in [0.3, 0.4) is 0 Å². The van der Waals surface area contributed by atoms with E-state index < -0.39 is 0 Å². The van der Waals surface area contributed by atoms with Gasteiger partial charge in [0.15, 0.2) is 0 Å². The number of benzene rings is 2. The monoisotopic (exact) mass is 389 g/mol. The maximum atomic E-state index is 12.7. The highest BCUT2D eigenvalue weighted by atomic mass is 16.1. The smallest absolute Gasteiger partial charge is 0.255 e. The van der Waals surface area contributed by atoms with Gasteiger partial charge >= 0.3 is 0 Å². The summed E-state index contributed by atoms with van der Waals surface area (Å²) in [7, 11) is 0. The molecule has 0 aliphatic carbocycles. The number of aromatic nitrogens is 1. The molecule has 152 valence electrons. The molecule has 29 heavy (non-hydrogen) atoms. The van der Waals surface area contributed by atoms with Crippen LogP contribution in [0, 0.1) is 6.92 Å². The van der Waals surface area contributed by atoms with Crippen molar-refractivity contribution in [3.05, 3.63) is 65.2 Å². The van der Waals surface area contributed by atoms with E-state index in [0.717, 1.165) is 41.1 Å². The zero-order valence-corrected chi connectivity index (χ0v) is 18.3. The van der Waals surface area contributed by atoms with Crippen LogP contribution in [0.25, 0.3) is 10.9 Å². The molecule has 1 amide bonds. The zero-order valence-electron chi connectivity index (χ0n) is 18.3. The molecule has 4 heteroatoms. The molecular formula is C25H31N3O. The van der Waals surface area contributed by atoms with Crippen LogP contribution in [0.4, 0.5) is 11.5 Å². The maximum Gasteiger partial charge on any atom is 0.255 e. The van der Waals surface area contributed by atoms with E-state index in [2.05, 4.69) is 57.8 Å². The molecule has 0 spiro atoms. The van der Waals surface area contributed by atoms with Crippen molar-refractivity contribution in [3.63, 3.8) is 0 Å². The summed E-state index contributed by atoms with van der Waals surface area (Å²) in [5, 5.41) is 4.08. The van der Waals surface area contributed by atoms with Gasteiger partial charge in [-0.2, -0.15) is 0 Å². The molecule has 1 aromatic heterocycles. The largest absolute Gasteiger partial charge is 0.357 e. The van der Waals surface area contributed by atoms with Crippen molar-refractivity contribution in [3.8, 4) is 0 Å². The maximum absolute atomic E-state index is 12.7. The molecule has 2 aromatic carbocycles. The summed E-state index contributed by atoms with van der Waals surface area (Å²) in [4.78, 5) is 19.7. The van der Waals surface area contributed by atoms with Gasteiger partial charge in [-0.25, -0.2) is 4.98 Å². The van der Waals surface area contributed by atoms with Crippen molar-refractivity contribution in [2.45, 2.75) is 47.0 Å². The molecule has 0 bridgehead atoms. The Balaban J connectivity index is 1.84. The van der Waals surface area contributed by atoms with Gasteiger partial charge in [-0.05, 0) is 73.7 Å². The Morgan fingerprint density at radius 2 is 1.66 bits per heavy atom. The number of pyridine rings is 1. The minimum Gasteiger partial charge on any atom is -0.357 e. The van der Waals surface area contributed by atoms with Crippen LogP contribution in [0.5, 0.6) is 0 Å². The summed E-state index contributed by atoms with van der Waals surface area (Å²) in [5.74, 6) is 0.894. The van der Waals surface area contributed by atoms with E-state index in [9.17, 15) is 4.79 Å². The molecule has 0 saturated carbocycles. The normalized spacial score (nSPS) is 11.5. The van der Waals surface area contributed by atoms with Crippen LogP contribution in [-0.2, 0) is 5.41 Å². The van der Waals surface area contributed by atoms with Crippen LogP contribution in [0.15, 0.2) is 48.5 Å². The second-order valence-electron chi connectivity index (χ2n) is 8.48. The van der Waals surface area contributed by atoms with Crippen molar-refractivity contribution in [2.24, 2.45) is 0 Å². The molecule has 0 unspecified atom stereocenters. The Morgan fingerprint density at radius 1 is 1.00 bits per heavy atom. The lowest BCUT2D eigenvalue weighted by molar-refractivity contribution is 0.102. The van der Waals surface area contributed by atoms with Gasteiger partial charge in [0.05, 0.1) is 5.52 Å². The fourth-order valence-electron chi connectivity index (χ4n) is 3.49. The van der Waals surface area contributed by atoms with E-state index in [1.54, 1.807) is 0 Å². The minimum absolute atomic E-state index is 0.0713. The van der Waals surface area contributed by atoms with Gasteiger partial charge in [-0.3, -0.25) is 4.79 Å². The Bertz CT molecular complexity index is 1010. The molecule has 3 rings (SSSR count). The van der Waals surface area contributed by atoms with Crippen molar-refractivity contribution in [2.75, 3.05) is 23.3 Å². The summed E-state index contributed by atoms with van der Waals surface area (Å²) in [5.41, 5.74) is 4.82. The van der Waals surface area contributed by atoms with Gasteiger partial charge in [-0.1, -0.05) is 32.9 Å². The number of carbonyl (C=O) groups excluding carboxylic acids is 1. The molecule has 0 fully saturated rings. The molecular weight excluding hydrogens is 358 g/mol. The predicted octanol–water partition coefficient (Wildman–Crippen LogP) is 5.94. The van der Waals surface area contributed by atoms with E-state index in [0.29, 0.717) is 5.56 Å². The van der Waals surface area contributed by atoms with Crippen LogP contribution in [-0.4, -0.2) is 24.0 Å². The Morgan fingerprint density at radius 3 is 2.24 bits per heavy atom. The van der Waals surface area contributed by atoms with E-state index >= 15 is 0 Å². The molecule has 0 saturated heterocycles. The minimum atomic E-state index is -0.102. The third-order valence-corrected chi connectivity index (χ3v) is 5.36. The predicted molar refractivity (Wildman–Crippen MR) is 123 cm³/mol. The standard InChI is InChI=1S/C25H31N3O/c1-7-28(8-2)23-15-17(3)21-16-20(13-14-22(21)27-23)26-24(29)18-9-11-19(12-10-18)25(4,5)6/h9-16H,7-8H2,1-6H3,(H,26,29). The average molecular weight is 390 g/mol. The molecule has 4 nitrogen and oxygen atoms in total. The Hall–Kier alpha value is -2.88. The number of nitrogens with zero attached hydrogens (tertiary/aromatic N) is 2. The fraction of sp³-hybridized carbons (Fsp3) is 0.360. The number of aryl methyl sites for hydroxylation is 1. The molecule has 1 heterocycles. The van der Waals surface area contributed by atoms with Gasteiger partial charge in [0.25, 0.3) is 5.91 Å². The van der Waals surface area contributed by atoms with E-state index in [1.165, 1.54) is 5.56 Å². The summed E-state index contributed by atoms with van der Waals surface area (Å²) in [6.07, 6.45) is 0. The van der Waals surface area contributed by atoms with E-state index in [1.807, 2.05) is 42.5 Å². The highest BCUT2D eigenvalue weighted by Gasteiger charge is 2.15. The molecule has 0 atom stereocenters. The van der Waals surface area contributed by atoms with Crippen molar-refractivity contribution in [1.82, 2.24) is 4.98 Å². The summed E-state index contributed by atoms with van der Waals surface area (Å²) in [6.45, 7) is 14.7. The van der Waals surface area contributed by atoms with Gasteiger partial charge in [-0.15, -0.1) is 0 Å². The van der Waals surface area contributed by atoms with Crippen molar-refractivity contribution >= 4 is 28.3 Å². The second-order valence-corrected chi connectivity index (χ2v) is 8.48. The van der Waals surface area contributed by atoms with Crippen LogP contribution >= 0.6 is 0 Å². The number of hydrogen-bond acceptors (Lipinski definition) is 3. The van der Waals surface area contributed by atoms with Crippen LogP contribution in [0.2, 0.25) is 0 Å². The zero-order chi connectivity index (χ0) is 21.2. The first kappa shape index (κ1) is 20.8. The number of anilines is 2. The van der Waals surface area contributed by atoms with Crippen LogP contribution in [0.1, 0.15) is 56.1 Å². The highest BCUT2D eigenvalue weighted by molar-refractivity contribution is 6.05. The van der Waals surface area contributed by atoms with Crippen molar-refractivity contribution in [1.29, 1.82) is 0 Å². The van der Waals surface area contributed by atoms with Crippen LogP contribution < -0.4 is 10.2 Å². The summed E-state index contributed by atoms with van der Waals surface area (Å²) < 4.78 is 0. The molecule has 1 N–H and O–H groups in total. The lowest BCUT2D eigenvalue weighted by Crippen LogP contribution is -2.23. The van der Waals surface area contributed by atoms with Gasteiger partial charge in [0.2, 0.25) is 0 Å². The average Bonchev–Trinajstić information content (AvgIpc) is 2.69. The first-order valence-corrected chi connectivity index (χ1v) is 10.3. The Labute approximate surface area is 174 Å². The summed E-state index contributed by atoms with van der Waals surface area (Å²) in [6, 6.07) is 15.9. The van der Waals surface area contributed by atoms with Gasteiger partial charge < -0.3 is 10.2 Å². The fourth-order valence-corrected chi connectivity index (χ4v) is 3.49. The van der Waals surface area contributed by atoms with E-state index in [-0.39, 0.29) is 11.3 Å². The number of hydrogen-bond donors (Lipinski definition) is 1. The number of carbonyl (C=O) groups is 1. The first-order valence-electron chi connectivity index (χ1n) is 10.3. The molecule has 0 aliphatic rings. The van der Waals surface area contributed by atoms with Crippen molar-refractivity contribution < 1.29 is 4.79 Å². The Kier molecular flexibility index (Phi) is 5.92. The lowest BCUT2D eigenvalue weighted by Gasteiger charge is -2.21. The van der Waals surface area contributed by atoms with Gasteiger partial charge in [0, 0.05) is 29.7 Å². The molecule has 0 aliphatic heterocycles. The number of amides is 1. The quantitative estimate of drug-likeness (QED) is 0.587. The third-order valence-electron chi connectivity index (χ3n) is 5.36.